The molecule has 0 saturated carbocycles. The van der Waals surface area contributed by atoms with E-state index in [2.05, 4.69) is 10.6 Å². The number of ether oxygens (including phenoxy) is 2. The maximum atomic E-state index is 12.3. The van der Waals surface area contributed by atoms with Crippen molar-refractivity contribution in [2.24, 2.45) is 0 Å². The zero-order valence-corrected chi connectivity index (χ0v) is 17.0. The van der Waals surface area contributed by atoms with Crippen LogP contribution in [0, 0.1) is 6.92 Å². The molecule has 0 aliphatic carbocycles. The van der Waals surface area contributed by atoms with Crippen LogP contribution >= 0.6 is 0 Å². The molecule has 0 aliphatic heterocycles. The lowest BCUT2D eigenvalue weighted by Crippen LogP contribution is -2.14. The van der Waals surface area contributed by atoms with E-state index in [0.29, 0.717) is 24.5 Å². The van der Waals surface area contributed by atoms with Crippen molar-refractivity contribution in [3.8, 4) is 11.5 Å². The summed E-state index contributed by atoms with van der Waals surface area (Å²) in [6.45, 7) is 2.68. The Morgan fingerprint density at radius 2 is 1.55 bits per heavy atom. The Labute approximate surface area is 171 Å². The van der Waals surface area contributed by atoms with Gasteiger partial charge in [-0.05, 0) is 54.4 Å². The Hall–Kier alpha value is -3.47. The van der Waals surface area contributed by atoms with Gasteiger partial charge in [-0.15, -0.1) is 0 Å². The molecular weight excluding hydrogens is 364 g/mol. The van der Waals surface area contributed by atoms with Gasteiger partial charge in [-0.3, -0.25) is 4.79 Å². The summed E-state index contributed by atoms with van der Waals surface area (Å²) in [6.07, 6.45) is 0.362. The molecule has 0 fully saturated rings. The van der Waals surface area contributed by atoms with Crippen molar-refractivity contribution in [3.63, 3.8) is 0 Å². The second kappa shape index (κ2) is 9.64. The fourth-order valence-electron chi connectivity index (χ4n) is 3.08. The lowest BCUT2D eigenvalue weighted by molar-refractivity contribution is -0.115. The van der Waals surface area contributed by atoms with E-state index in [4.69, 9.17) is 9.47 Å². The van der Waals surface area contributed by atoms with Gasteiger partial charge in [-0.1, -0.05) is 35.9 Å². The summed E-state index contributed by atoms with van der Waals surface area (Å²) >= 11 is 0. The van der Waals surface area contributed by atoms with Gasteiger partial charge in [-0.2, -0.15) is 0 Å². The summed E-state index contributed by atoms with van der Waals surface area (Å²) < 4.78 is 10.6. The van der Waals surface area contributed by atoms with E-state index in [9.17, 15) is 4.79 Å². The minimum absolute atomic E-state index is 0.0263. The summed E-state index contributed by atoms with van der Waals surface area (Å²) in [5.74, 6) is 1.39. The van der Waals surface area contributed by atoms with Gasteiger partial charge in [-0.25, -0.2) is 0 Å². The Morgan fingerprint density at radius 3 is 2.24 bits per heavy atom. The van der Waals surface area contributed by atoms with Crippen LogP contribution in [0.1, 0.15) is 16.7 Å². The highest BCUT2D eigenvalue weighted by molar-refractivity contribution is 5.92. The number of amides is 1. The fraction of sp³-hybridized carbons (Fsp3) is 0.208. The van der Waals surface area contributed by atoms with Crippen LogP contribution in [0.2, 0.25) is 0 Å². The van der Waals surface area contributed by atoms with E-state index in [1.807, 2.05) is 73.7 Å². The Kier molecular flexibility index (Phi) is 6.74. The van der Waals surface area contributed by atoms with Crippen molar-refractivity contribution in [3.05, 3.63) is 83.4 Å². The molecule has 0 heterocycles. The molecule has 5 heteroatoms. The molecule has 3 aromatic rings. The molecule has 3 rings (SSSR count). The SMILES string of the molecule is COc1ccc(CNc2ccc(NC(=O)Cc3cccc(C)c3)cc2)cc1OC. The number of carbonyl (C=O) groups excluding carboxylic acids is 1. The van der Waals surface area contributed by atoms with Gasteiger partial charge in [0.1, 0.15) is 0 Å². The first-order valence-corrected chi connectivity index (χ1v) is 9.47. The maximum Gasteiger partial charge on any atom is 0.228 e. The highest BCUT2D eigenvalue weighted by atomic mass is 16.5. The van der Waals surface area contributed by atoms with Crippen LogP contribution < -0.4 is 20.1 Å². The molecule has 5 nitrogen and oxygen atoms in total. The van der Waals surface area contributed by atoms with Crippen molar-refractivity contribution in [2.75, 3.05) is 24.9 Å². The van der Waals surface area contributed by atoms with Crippen LogP contribution in [0.3, 0.4) is 0 Å². The predicted octanol–water partition coefficient (Wildman–Crippen LogP) is 4.81. The monoisotopic (exact) mass is 390 g/mol. The van der Waals surface area contributed by atoms with Gasteiger partial charge in [0.25, 0.3) is 0 Å². The Bertz CT molecular complexity index is 968. The van der Waals surface area contributed by atoms with Crippen molar-refractivity contribution in [2.45, 2.75) is 19.9 Å². The van der Waals surface area contributed by atoms with E-state index in [1.54, 1.807) is 14.2 Å². The van der Waals surface area contributed by atoms with Crippen molar-refractivity contribution in [1.29, 1.82) is 0 Å². The molecule has 0 aliphatic rings. The molecule has 0 unspecified atom stereocenters. The van der Waals surface area contributed by atoms with Crippen LogP contribution in [-0.2, 0) is 17.8 Å². The number of benzene rings is 3. The third-order valence-electron chi connectivity index (χ3n) is 4.56. The minimum Gasteiger partial charge on any atom is -0.493 e. The van der Waals surface area contributed by atoms with Gasteiger partial charge in [0, 0.05) is 17.9 Å². The first kappa shape index (κ1) is 20.3. The van der Waals surface area contributed by atoms with Gasteiger partial charge < -0.3 is 20.1 Å². The summed E-state index contributed by atoms with van der Waals surface area (Å²) in [5, 5.41) is 6.31. The van der Waals surface area contributed by atoms with Crippen LogP contribution in [0.15, 0.2) is 66.7 Å². The summed E-state index contributed by atoms with van der Waals surface area (Å²) in [4.78, 5) is 12.3. The van der Waals surface area contributed by atoms with Gasteiger partial charge in [0.2, 0.25) is 5.91 Å². The summed E-state index contributed by atoms with van der Waals surface area (Å²) in [5.41, 5.74) is 4.99. The molecule has 0 atom stereocenters. The maximum absolute atomic E-state index is 12.3. The quantitative estimate of drug-likeness (QED) is 0.580. The number of nitrogens with one attached hydrogen (secondary N) is 2. The predicted molar refractivity (Wildman–Crippen MR) is 117 cm³/mol. The van der Waals surface area contributed by atoms with E-state index in [0.717, 1.165) is 28.1 Å². The van der Waals surface area contributed by atoms with Gasteiger partial charge in [0.05, 0.1) is 20.6 Å². The Morgan fingerprint density at radius 1 is 0.828 bits per heavy atom. The molecule has 0 bridgehead atoms. The number of anilines is 2. The lowest BCUT2D eigenvalue weighted by Gasteiger charge is -2.11. The molecule has 0 saturated heterocycles. The number of carbonyl (C=O) groups is 1. The topological polar surface area (TPSA) is 59.6 Å². The minimum atomic E-state index is -0.0263. The highest BCUT2D eigenvalue weighted by Crippen LogP contribution is 2.28. The lowest BCUT2D eigenvalue weighted by atomic mass is 10.1. The average Bonchev–Trinajstić information content (AvgIpc) is 2.73. The molecule has 0 spiro atoms. The largest absolute Gasteiger partial charge is 0.493 e. The normalized spacial score (nSPS) is 10.3. The number of hydrogen-bond donors (Lipinski definition) is 2. The van der Waals surface area contributed by atoms with E-state index < -0.39 is 0 Å². The first-order valence-electron chi connectivity index (χ1n) is 9.47. The number of methoxy groups -OCH3 is 2. The first-order chi connectivity index (χ1) is 14.1. The van der Waals surface area contributed by atoms with Crippen molar-refractivity contribution >= 4 is 17.3 Å². The van der Waals surface area contributed by atoms with E-state index in [1.165, 1.54) is 0 Å². The Balaban J connectivity index is 1.54. The molecule has 2 N–H and O–H groups in total. The van der Waals surface area contributed by atoms with Crippen LogP contribution in [-0.4, -0.2) is 20.1 Å². The molecule has 3 aromatic carbocycles. The molecular formula is C24H26N2O3. The van der Waals surface area contributed by atoms with Crippen molar-refractivity contribution < 1.29 is 14.3 Å². The molecule has 0 radical (unpaired) electrons. The van der Waals surface area contributed by atoms with Crippen LogP contribution in [0.4, 0.5) is 11.4 Å². The van der Waals surface area contributed by atoms with Gasteiger partial charge >= 0.3 is 0 Å². The zero-order chi connectivity index (χ0) is 20.6. The van der Waals surface area contributed by atoms with Gasteiger partial charge in [0.15, 0.2) is 11.5 Å². The number of hydrogen-bond acceptors (Lipinski definition) is 4. The molecule has 1 amide bonds. The van der Waals surface area contributed by atoms with E-state index in [-0.39, 0.29) is 5.91 Å². The standard InChI is InChI=1S/C24H26N2O3/c1-17-5-4-6-18(13-17)15-24(27)26-21-10-8-20(9-11-21)25-16-19-7-12-22(28-2)23(14-19)29-3/h4-14,25H,15-16H2,1-3H3,(H,26,27). The summed E-state index contributed by atoms with van der Waals surface area (Å²) in [6, 6.07) is 21.5. The van der Waals surface area contributed by atoms with E-state index >= 15 is 0 Å². The van der Waals surface area contributed by atoms with Crippen LogP contribution in [0.25, 0.3) is 0 Å². The third-order valence-corrected chi connectivity index (χ3v) is 4.56. The smallest absolute Gasteiger partial charge is 0.228 e. The molecule has 29 heavy (non-hydrogen) atoms. The molecule has 150 valence electrons. The number of aryl methyl sites for hydroxylation is 1. The second-order valence-corrected chi connectivity index (χ2v) is 6.83. The summed E-state index contributed by atoms with van der Waals surface area (Å²) in [7, 11) is 3.25. The van der Waals surface area contributed by atoms with Crippen molar-refractivity contribution in [1.82, 2.24) is 0 Å². The number of rotatable bonds is 8. The zero-order valence-electron chi connectivity index (χ0n) is 17.0. The second-order valence-electron chi connectivity index (χ2n) is 6.83. The average molecular weight is 390 g/mol. The van der Waals surface area contributed by atoms with Crippen LogP contribution in [0.5, 0.6) is 11.5 Å². The highest BCUT2D eigenvalue weighted by Gasteiger charge is 2.06. The molecule has 0 aromatic heterocycles. The fourth-order valence-corrected chi connectivity index (χ4v) is 3.08. The third kappa shape index (κ3) is 5.75.